The summed E-state index contributed by atoms with van der Waals surface area (Å²) in [5, 5.41) is 6.37. The zero-order chi connectivity index (χ0) is 24.8. The number of nitrogens with one attached hydrogen (secondary N) is 2. The van der Waals surface area contributed by atoms with Crippen molar-refractivity contribution >= 4 is 61.3 Å². The number of allylic oxidation sites excluding steroid dienone is 1. The number of carbonyl (C=O) groups excluding carboxylic acids is 1. The molecule has 1 aliphatic rings. The molecule has 4 nitrogen and oxygen atoms in total. The molecule has 0 aromatic heterocycles. The van der Waals surface area contributed by atoms with Gasteiger partial charge in [-0.1, -0.05) is 65.0 Å². The molecule has 180 valence electrons. The van der Waals surface area contributed by atoms with Gasteiger partial charge in [-0.15, -0.1) is 6.58 Å². The molecule has 1 saturated heterocycles. The van der Waals surface area contributed by atoms with E-state index >= 15 is 0 Å². The summed E-state index contributed by atoms with van der Waals surface area (Å²) in [5.41, 5.74) is 5.06. The van der Waals surface area contributed by atoms with Crippen LogP contribution in [0.4, 0.5) is 5.69 Å². The molecule has 0 saturated carbocycles. The van der Waals surface area contributed by atoms with Crippen LogP contribution in [0.15, 0.2) is 87.2 Å². The molecule has 0 spiro atoms. The van der Waals surface area contributed by atoms with Gasteiger partial charge in [-0.3, -0.25) is 4.79 Å². The summed E-state index contributed by atoms with van der Waals surface area (Å²) < 4.78 is 8.04. The van der Waals surface area contributed by atoms with E-state index in [4.69, 9.17) is 4.74 Å². The number of hydrogen-bond acceptors (Lipinski definition) is 4. The average Bonchev–Trinajstić information content (AvgIpc) is 3.18. The first-order valence-corrected chi connectivity index (χ1v) is 13.8. The van der Waals surface area contributed by atoms with Crippen LogP contribution < -0.4 is 15.4 Å². The molecule has 4 rings (SSSR count). The van der Waals surface area contributed by atoms with Crippen molar-refractivity contribution < 1.29 is 9.53 Å². The number of hydrogen-bond donors (Lipinski definition) is 2. The van der Waals surface area contributed by atoms with Crippen molar-refractivity contribution in [1.29, 1.82) is 0 Å². The average molecular weight is 614 g/mol. The third kappa shape index (κ3) is 6.81. The highest BCUT2D eigenvalue weighted by Crippen LogP contribution is 2.35. The van der Waals surface area contributed by atoms with Crippen molar-refractivity contribution in [3.8, 4) is 5.75 Å². The third-order valence-corrected chi connectivity index (χ3v) is 7.64. The Hall–Kier alpha value is -2.48. The number of rotatable bonds is 9. The summed E-state index contributed by atoms with van der Waals surface area (Å²) in [5.74, 6) is 0.697. The van der Waals surface area contributed by atoms with Gasteiger partial charge in [-0.25, -0.2) is 0 Å². The molecule has 0 radical (unpaired) electrons. The Morgan fingerprint density at radius 3 is 2.49 bits per heavy atom. The Bertz CT molecular complexity index is 1240. The first-order chi connectivity index (χ1) is 16.9. The Kier molecular flexibility index (Phi) is 8.76. The van der Waals surface area contributed by atoms with Gasteiger partial charge in [0.05, 0.1) is 9.38 Å². The summed E-state index contributed by atoms with van der Waals surface area (Å²) >= 11 is 8.60. The van der Waals surface area contributed by atoms with Crippen molar-refractivity contribution in [2.75, 3.05) is 5.32 Å². The van der Waals surface area contributed by atoms with E-state index < -0.39 is 0 Å². The number of halogens is 2. The number of anilines is 1. The monoisotopic (exact) mass is 612 g/mol. The first kappa shape index (κ1) is 25.6. The van der Waals surface area contributed by atoms with E-state index in [1.807, 2.05) is 54.6 Å². The minimum absolute atomic E-state index is 0.0883. The Morgan fingerprint density at radius 2 is 1.80 bits per heavy atom. The lowest BCUT2D eigenvalue weighted by Gasteiger charge is -2.14. The summed E-state index contributed by atoms with van der Waals surface area (Å²) in [6.07, 6.45) is 5.42. The molecule has 3 aromatic carbocycles. The van der Waals surface area contributed by atoms with Gasteiger partial charge in [0.25, 0.3) is 5.91 Å². The fourth-order valence-corrected chi connectivity index (χ4v) is 5.55. The maximum Gasteiger partial charge on any atom is 0.260 e. The van der Waals surface area contributed by atoms with Crippen molar-refractivity contribution in [2.45, 2.75) is 31.9 Å². The van der Waals surface area contributed by atoms with E-state index in [1.165, 1.54) is 17.3 Å². The van der Waals surface area contributed by atoms with Crippen molar-refractivity contribution in [1.82, 2.24) is 5.32 Å². The van der Waals surface area contributed by atoms with Crippen LogP contribution in [-0.2, 0) is 24.2 Å². The lowest BCUT2D eigenvalue weighted by molar-refractivity contribution is -0.116. The largest absolute Gasteiger partial charge is 0.487 e. The molecule has 2 N–H and O–H groups in total. The minimum atomic E-state index is -0.217. The highest BCUT2D eigenvalue weighted by molar-refractivity contribution is 9.10. The number of aryl methyl sites for hydroxylation is 1. The summed E-state index contributed by atoms with van der Waals surface area (Å²) in [6.45, 7) is 6.48. The molecule has 1 aliphatic heterocycles. The SMILES string of the molecule is C=CCc1cc(/C=C2\S[C@@H](Nc3ccc(CC)cc3)NC2=O)cc(Br)c1OCc1ccc(Br)cc1. The molecule has 1 amide bonds. The topological polar surface area (TPSA) is 50.4 Å². The molecule has 3 aromatic rings. The van der Waals surface area contributed by atoms with Crippen LogP contribution in [-0.4, -0.2) is 11.4 Å². The predicted octanol–water partition coefficient (Wildman–Crippen LogP) is 7.68. The van der Waals surface area contributed by atoms with E-state index in [0.29, 0.717) is 17.9 Å². The standard InChI is InChI=1S/C28H26Br2N2O2S/c1-3-5-21-14-20(15-24(30)26(21)34-17-19-6-10-22(29)11-7-19)16-25-27(33)32-28(35-25)31-23-12-8-18(4-2)9-13-23/h3,6-16,28,31H,1,4-5,17H2,2H3,(H,32,33)/b25-16-/t28-/m0/s1. The number of amides is 1. The van der Waals surface area contributed by atoms with Crippen LogP contribution in [0.1, 0.15) is 29.2 Å². The highest BCUT2D eigenvalue weighted by Gasteiger charge is 2.27. The van der Waals surface area contributed by atoms with Gasteiger partial charge in [0.1, 0.15) is 12.4 Å². The van der Waals surface area contributed by atoms with Crippen LogP contribution >= 0.6 is 43.6 Å². The van der Waals surface area contributed by atoms with Gasteiger partial charge < -0.3 is 15.4 Å². The predicted molar refractivity (Wildman–Crippen MR) is 153 cm³/mol. The molecule has 0 bridgehead atoms. The van der Waals surface area contributed by atoms with E-state index in [-0.39, 0.29) is 11.4 Å². The van der Waals surface area contributed by atoms with Gasteiger partial charge in [0.2, 0.25) is 0 Å². The molecule has 1 atom stereocenters. The van der Waals surface area contributed by atoms with E-state index in [1.54, 1.807) is 0 Å². The fraction of sp³-hybridized carbons (Fsp3) is 0.179. The van der Waals surface area contributed by atoms with Crippen molar-refractivity contribution in [3.05, 3.63) is 109 Å². The van der Waals surface area contributed by atoms with Crippen molar-refractivity contribution in [2.24, 2.45) is 0 Å². The van der Waals surface area contributed by atoms with Crippen LogP contribution in [0, 0.1) is 0 Å². The summed E-state index contributed by atoms with van der Waals surface area (Å²) in [6, 6.07) is 20.4. The molecule has 7 heteroatoms. The third-order valence-electron chi connectivity index (χ3n) is 5.49. The molecule has 1 fully saturated rings. The quantitative estimate of drug-likeness (QED) is 0.192. The number of ether oxygens (including phenoxy) is 1. The maximum absolute atomic E-state index is 12.6. The first-order valence-electron chi connectivity index (χ1n) is 11.3. The van der Waals surface area contributed by atoms with Gasteiger partial charge >= 0.3 is 0 Å². The molecular weight excluding hydrogens is 588 g/mol. The second kappa shape index (κ2) is 12.0. The molecule has 0 unspecified atom stereocenters. The van der Waals surface area contributed by atoms with E-state index in [0.717, 1.165) is 43.5 Å². The second-order valence-corrected chi connectivity index (χ2v) is 11.0. The lowest BCUT2D eigenvalue weighted by atomic mass is 10.1. The van der Waals surface area contributed by atoms with Crippen molar-refractivity contribution in [3.63, 3.8) is 0 Å². The number of benzene rings is 3. The summed E-state index contributed by atoms with van der Waals surface area (Å²) in [4.78, 5) is 13.3. The van der Waals surface area contributed by atoms with Gasteiger partial charge in [-0.2, -0.15) is 0 Å². The Labute approximate surface area is 227 Å². The van der Waals surface area contributed by atoms with Crippen LogP contribution in [0.25, 0.3) is 6.08 Å². The minimum Gasteiger partial charge on any atom is -0.487 e. The Morgan fingerprint density at radius 1 is 1.09 bits per heavy atom. The van der Waals surface area contributed by atoms with E-state index in [9.17, 15) is 4.79 Å². The second-order valence-electron chi connectivity index (χ2n) is 8.07. The van der Waals surface area contributed by atoms with Gasteiger partial charge in [0, 0.05) is 10.2 Å². The van der Waals surface area contributed by atoms with Gasteiger partial charge in [0.15, 0.2) is 5.50 Å². The molecule has 35 heavy (non-hydrogen) atoms. The van der Waals surface area contributed by atoms with Crippen LogP contribution in [0.5, 0.6) is 5.75 Å². The zero-order valence-corrected chi connectivity index (χ0v) is 23.3. The molecule has 0 aliphatic carbocycles. The fourth-order valence-electron chi connectivity index (χ4n) is 3.67. The Balaban J connectivity index is 1.49. The van der Waals surface area contributed by atoms with Gasteiger partial charge in [-0.05, 0) is 93.5 Å². The number of thioether (sulfide) groups is 1. The van der Waals surface area contributed by atoms with E-state index in [2.05, 4.69) is 74.2 Å². The maximum atomic E-state index is 12.6. The zero-order valence-electron chi connectivity index (χ0n) is 19.3. The molecular formula is C28H26Br2N2O2S. The molecule has 1 heterocycles. The smallest absolute Gasteiger partial charge is 0.260 e. The summed E-state index contributed by atoms with van der Waals surface area (Å²) in [7, 11) is 0. The normalized spacial score (nSPS) is 16.3. The number of carbonyl (C=O) groups is 1. The lowest BCUT2D eigenvalue weighted by Crippen LogP contribution is -2.30. The van der Waals surface area contributed by atoms with Crippen LogP contribution in [0.3, 0.4) is 0 Å². The highest BCUT2D eigenvalue weighted by atomic mass is 79.9. The van der Waals surface area contributed by atoms with Crippen LogP contribution in [0.2, 0.25) is 0 Å².